The molecule has 1 aromatic carbocycles. The molecule has 0 radical (unpaired) electrons. The van der Waals surface area contributed by atoms with Crippen LogP contribution in [0.4, 0.5) is 9.18 Å². The van der Waals surface area contributed by atoms with E-state index in [0.717, 1.165) is 0 Å². The van der Waals surface area contributed by atoms with Crippen molar-refractivity contribution in [1.82, 2.24) is 5.32 Å². The minimum Gasteiger partial charge on any atom is -0.444 e. The number of Topliss-reactive ketones (excluding diaryl/α,β-unsaturated/α-hetero) is 1. The molecule has 128 valence electrons. The van der Waals surface area contributed by atoms with E-state index in [1.807, 2.05) is 6.07 Å². The Bertz CT molecular complexity index is 690. The number of nitrogens with one attached hydrogen (secondary N) is 1. The zero-order chi connectivity index (χ0) is 18.0. The van der Waals surface area contributed by atoms with Gasteiger partial charge in [-0.25, -0.2) is 9.18 Å². The number of hydrogen-bond donors (Lipinski definition) is 1. The summed E-state index contributed by atoms with van der Waals surface area (Å²) in [6.07, 6.45) is 0.268. The molecule has 1 aromatic rings. The maximum Gasteiger partial charge on any atom is 0.408 e. The number of halogens is 1. The Morgan fingerprint density at radius 2 is 2.08 bits per heavy atom. The van der Waals surface area contributed by atoms with Crippen LogP contribution in [0.25, 0.3) is 0 Å². The van der Waals surface area contributed by atoms with Gasteiger partial charge in [-0.05, 0) is 39.7 Å². The van der Waals surface area contributed by atoms with Gasteiger partial charge in [0.05, 0.1) is 12.1 Å². The van der Waals surface area contributed by atoms with Crippen molar-refractivity contribution in [3.05, 3.63) is 35.6 Å². The molecular weight excluding hydrogens is 311 g/mol. The highest BCUT2D eigenvalue weighted by Gasteiger charge is 2.51. The third-order valence-corrected chi connectivity index (χ3v) is 4.04. The van der Waals surface area contributed by atoms with Crippen molar-refractivity contribution >= 4 is 11.9 Å². The molecule has 1 aliphatic rings. The van der Waals surface area contributed by atoms with Gasteiger partial charge >= 0.3 is 6.09 Å². The lowest BCUT2D eigenvalue weighted by molar-refractivity contribution is -0.124. The molecule has 0 unspecified atom stereocenters. The van der Waals surface area contributed by atoms with Gasteiger partial charge in [0.25, 0.3) is 0 Å². The summed E-state index contributed by atoms with van der Waals surface area (Å²) in [5, 5.41) is 12.2. The van der Waals surface area contributed by atoms with Crippen LogP contribution in [0.1, 0.15) is 51.6 Å². The van der Waals surface area contributed by atoms with Gasteiger partial charge in [0.15, 0.2) is 5.78 Å². The number of carbonyl (C=O) groups is 2. The van der Waals surface area contributed by atoms with Crippen LogP contribution in [0.2, 0.25) is 0 Å². The normalized spacial score (nSPS) is 21.9. The summed E-state index contributed by atoms with van der Waals surface area (Å²) in [7, 11) is 0. The molecule has 0 bridgehead atoms. The molecule has 1 aliphatic carbocycles. The standard InChI is InChI=1S/C18H21FN2O3/c1-17(2,3)24-16(23)21-15(12-7-4-5-8-13(12)19)18(11-20)10-6-9-14(18)22/h4-5,7-8,15H,6,9-10H2,1-3H3,(H,21,23)/t15-,18-/m0/s1. The van der Waals surface area contributed by atoms with Crippen molar-refractivity contribution in [3.8, 4) is 6.07 Å². The highest BCUT2D eigenvalue weighted by molar-refractivity contribution is 5.91. The van der Waals surface area contributed by atoms with Crippen molar-refractivity contribution in [2.45, 2.75) is 51.7 Å². The molecule has 0 heterocycles. The van der Waals surface area contributed by atoms with E-state index in [-0.39, 0.29) is 24.2 Å². The molecule has 2 atom stereocenters. The fourth-order valence-electron chi connectivity index (χ4n) is 2.98. The largest absolute Gasteiger partial charge is 0.444 e. The molecule has 2 rings (SSSR count). The minimum absolute atomic E-state index is 0.111. The number of ether oxygens (including phenoxy) is 1. The predicted octanol–water partition coefficient (Wildman–Crippen LogP) is 3.65. The van der Waals surface area contributed by atoms with E-state index >= 15 is 0 Å². The number of benzene rings is 1. The van der Waals surface area contributed by atoms with E-state index in [1.54, 1.807) is 26.8 Å². The lowest BCUT2D eigenvalue weighted by Crippen LogP contribution is -2.45. The highest BCUT2D eigenvalue weighted by Crippen LogP contribution is 2.45. The first kappa shape index (κ1) is 17.9. The summed E-state index contributed by atoms with van der Waals surface area (Å²) in [6.45, 7) is 5.10. The van der Waals surface area contributed by atoms with E-state index in [0.29, 0.717) is 6.42 Å². The van der Waals surface area contributed by atoms with Gasteiger partial charge in [-0.3, -0.25) is 4.79 Å². The summed E-state index contributed by atoms with van der Waals surface area (Å²) in [5.74, 6) is -0.859. The smallest absolute Gasteiger partial charge is 0.408 e. The first-order chi connectivity index (χ1) is 11.2. The lowest BCUT2D eigenvalue weighted by atomic mass is 9.76. The van der Waals surface area contributed by atoms with Crippen LogP contribution in [0, 0.1) is 22.6 Å². The van der Waals surface area contributed by atoms with E-state index in [2.05, 4.69) is 5.32 Å². The Hall–Kier alpha value is -2.42. The first-order valence-electron chi connectivity index (χ1n) is 7.88. The third kappa shape index (κ3) is 3.56. The maximum atomic E-state index is 14.3. The SMILES string of the molecule is CC(C)(C)OC(=O)N[C@@H](c1ccccc1F)[C@]1(C#N)CCCC1=O. The quantitative estimate of drug-likeness (QED) is 0.916. The van der Waals surface area contributed by atoms with Crippen LogP contribution < -0.4 is 5.32 Å². The molecule has 5 nitrogen and oxygen atoms in total. The molecule has 0 spiro atoms. The Balaban J connectivity index is 2.43. The summed E-state index contributed by atoms with van der Waals surface area (Å²) in [5.41, 5.74) is -2.11. The number of rotatable bonds is 3. The predicted molar refractivity (Wildman–Crippen MR) is 85.4 cm³/mol. The highest BCUT2D eigenvalue weighted by atomic mass is 19.1. The summed E-state index contributed by atoms with van der Waals surface area (Å²) >= 11 is 0. The van der Waals surface area contributed by atoms with Gasteiger partial charge in [0.2, 0.25) is 0 Å². The van der Waals surface area contributed by atoms with Crippen molar-refractivity contribution in [2.75, 3.05) is 0 Å². The minimum atomic E-state index is -1.47. The average molecular weight is 332 g/mol. The van der Waals surface area contributed by atoms with Crippen LogP contribution in [-0.4, -0.2) is 17.5 Å². The summed E-state index contributed by atoms with van der Waals surface area (Å²) < 4.78 is 19.5. The molecule has 6 heteroatoms. The third-order valence-electron chi connectivity index (χ3n) is 4.04. The molecule has 0 aliphatic heterocycles. The second-order valence-electron chi connectivity index (χ2n) is 6.96. The molecule has 1 saturated carbocycles. The fourth-order valence-corrected chi connectivity index (χ4v) is 2.98. The molecular formula is C18H21FN2O3. The van der Waals surface area contributed by atoms with E-state index in [4.69, 9.17) is 4.74 Å². The number of amides is 1. The van der Waals surface area contributed by atoms with E-state index in [9.17, 15) is 19.2 Å². The molecule has 1 amide bonds. The van der Waals surface area contributed by atoms with Gasteiger partial charge in [-0.1, -0.05) is 18.2 Å². The monoisotopic (exact) mass is 332 g/mol. The van der Waals surface area contributed by atoms with Crippen LogP contribution in [0.5, 0.6) is 0 Å². The molecule has 1 fully saturated rings. The number of nitriles is 1. The number of hydrogen-bond acceptors (Lipinski definition) is 4. The maximum absolute atomic E-state index is 14.3. The number of nitrogens with zero attached hydrogens (tertiary/aromatic N) is 1. The molecule has 1 N–H and O–H groups in total. The topological polar surface area (TPSA) is 79.2 Å². The Morgan fingerprint density at radius 3 is 2.58 bits per heavy atom. The summed E-state index contributed by atoms with van der Waals surface area (Å²) in [6, 6.07) is 6.78. The van der Waals surface area contributed by atoms with Crippen molar-refractivity contribution in [3.63, 3.8) is 0 Å². The van der Waals surface area contributed by atoms with Crippen LogP contribution >= 0.6 is 0 Å². The second-order valence-corrected chi connectivity index (χ2v) is 6.96. The van der Waals surface area contributed by atoms with E-state index in [1.165, 1.54) is 18.2 Å². The number of carbonyl (C=O) groups excluding carboxylic acids is 2. The number of ketones is 1. The zero-order valence-corrected chi connectivity index (χ0v) is 14.1. The van der Waals surface area contributed by atoms with Crippen molar-refractivity contribution < 1.29 is 18.7 Å². The lowest BCUT2D eigenvalue weighted by Gasteiger charge is -2.32. The Morgan fingerprint density at radius 1 is 1.42 bits per heavy atom. The molecule has 0 aromatic heterocycles. The average Bonchev–Trinajstić information content (AvgIpc) is 2.86. The van der Waals surface area contributed by atoms with Gasteiger partial charge in [0, 0.05) is 12.0 Å². The molecule has 24 heavy (non-hydrogen) atoms. The van der Waals surface area contributed by atoms with Gasteiger partial charge < -0.3 is 10.1 Å². The van der Waals surface area contributed by atoms with Crippen LogP contribution in [0.15, 0.2) is 24.3 Å². The van der Waals surface area contributed by atoms with Crippen LogP contribution in [-0.2, 0) is 9.53 Å². The van der Waals surface area contributed by atoms with Gasteiger partial charge in [-0.15, -0.1) is 0 Å². The Labute approximate surface area is 140 Å². The summed E-state index contributed by atoms with van der Waals surface area (Å²) in [4.78, 5) is 24.6. The number of alkyl carbamates (subject to hydrolysis) is 1. The van der Waals surface area contributed by atoms with Crippen LogP contribution in [0.3, 0.4) is 0 Å². The van der Waals surface area contributed by atoms with Gasteiger partial charge in [0.1, 0.15) is 16.8 Å². The first-order valence-corrected chi connectivity index (χ1v) is 7.88. The molecule has 0 saturated heterocycles. The fraction of sp³-hybridized carbons (Fsp3) is 0.500. The zero-order valence-electron chi connectivity index (χ0n) is 14.1. The van der Waals surface area contributed by atoms with Crippen molar-refractivity contribution in [2.24, 2.45) is 5.41 Å². The van der Waals surface area contributed by atoms with Gasteiger partial charge in [-0.2, -0.15) is 5.26 Å². The van der Waals surface area contributed by atoms with Crippen molar-refractivity contribution in [1.29, 1.82) is 5.26 Å². The Kier molecular flexibility index (Phi) is 4.93. The second kappa shape index (κ2) is 6.60. The van der Waals surface area contributed by atoms with E-state index < -0.39 is 29.0 Å².